The van der Waals surface area contributed by atoms with Gasteiger partial charge in [-0.1, -0.05) is 29.8 Å². The van der Waals surface area contributed by atoms with Gasteiger partial charge >= 0.3 is 0 Å². The van der Waals surface area contributed by atoms with Crippen LogP contribution in [0.5, 0.6) is 5.75 Å². The van der Waals surface area contributed by atoms with E-state index in [0.717, 1.165) is 22.1 Å². The van der Waals surface area contributed by atoms with E-state index in [4.69, 9.17) is 16.3 Å². The van der Waals surface area contributed by atoms with Crippen molar-refractivity contribution >= 4 is 28.3 Å². The molecule has 4 heteroatoms. The zero-order chi connectivity index (χ0) is 17.1. The lowest BCUT2D eigenvalue weighted by Crippen LogP contribution is -2.26. The number of amides is 1. The molecule has 0 atom stereocenters. The maximum atomic E-state index is 12.5. The topological polar surface area (TPSA) is 29.5 Å². The predicted molar refractivity (Wildman–Crippen MR) is 97.7 cm³/mol. The highest BCUT2D eigenvalue weighted by atomic mass is 35.5. The van der Waals surface area contributed by atoms with Gasteiger partial charge in [-0.3, -0.25) is 4.79 Å². The van der Waals surface area contributed by atoms with Gasteiger partial charge in [-0.15, -0.1) is 0 Å². The first kappa shape index (κ1) is 16.3. The number of rotatable bonds is 4. The molecule has 24 heavy (non-hydrogen) atoms. The van der Waals surface area contributed by atoms with Crippen LogP contribution in [-0.4, -0.2) is 25.0 Å². The van der Waals surface area contributed by atoms with E-state index in [9.17, 15) is 4.79 Å². The molecule has 0 fully saturated rings. The van der Waals surface area contributed by atoms with Gasteiger partial charge in [-0.25, -0.2) is 0 Å². The van der Waals surface area contributed by atoms with Crippen LogP contribution in [0.4, 0.5) is 0 Å². The molecule has 0 unspecified atom stereocenters. The lowest BCUT2D eigenvalue weighted by atomic mass is 10.1. The van der Waals surface area contributed by atoms with E-state index in [0.29, 0.717) is 17.1 Å². The monoisotopic (exact) mass is 339 g/mol. The number of ether oxygens (including phenoxy) is 1. The normalized spacial score (nSPS) is 10.6. The van der Waals surface area contributed by atoms with E-state index in [1.807, 2.05) is 30.3 Å². The van der Waals surface area contributed by atoms with Crippen molar-refractivity contribution in [3.8, 4) is 5.75 Å². The molecule has 0 aromatic heterocycles. The quantitative estimate of drug-likeness (QED) is 0.685. The molecule has 0 aliphatic carbocycles. The molecule has 0 spiro atoms. The van der Waals surface area contributed by atoms with Crippen LogP contribution in [0, 0.1) is 0 Å². The number of nitrogens with zero attached hydrogens (tertiary/aromatic N) is 1. The highest BCUT2D eigenvalue weighted by Gasteiger charge is 2.12. The Labute approximate surface area is 146 Å². The molecule has 0 N–H and O–H groups in total. The van der Waals surface area contributed by atoms with E-state index < -0.39 is 0 Å². The zero-order valence-corrected chi connectivity index (χ0v) is 14.4. The molecule has 1 amide bonds. The van der Waals surface area contributed by atoms with Crippen molar-refractivity contribution in [3.63, 3.8) is 0 Å². The van der Waals surface area contributed by atoms with Crippen molar-refractivity contribution in [2.45, 2.75) is 6.54 Å². The van der Waals surface area contributed by atoms with Gasteiger partial charge in [-0.2, -0.15) is 0 Å². The van der Waals surface area contributed by atoms with Crippen molar-refractivity contribution in [2.24, 2.45) is 0 Å². The Balaban J connectivity index is 1.78. The van der Waals surface area contributed by atoms with E-state index in [1.54, 1.807) is 43.3 Å². The summed E-state index contributed by atoms with van der Waals surface area (Å²) in [6, 6.07) is 19.1. The number of carbonyl (C=O) groups excluding carboxylic acids is 1. The molecule has 0 bridgehead atoms. The van der Waals surface area contributed by atoms with Crippen LogP contribution in [0.1, 0.15) is 15.9 Å². The Morgan fingerprint density at radius 3 is 2.38 bits per heavy atom. The smallest absolute Gasteiger partial charge is 0.253 e. The van der Waals surface area contributed by atoms with E-state index >= 15 is 0 Å². The molecule has 0 aliphatic heterocycles. The third-order valence-corrected chi connectivity index (χ3v) is 4.22. The summed E-state index contributed by atoms with van der Waals surface area (Å²) in [7, 11) is 3.46. The summed E-state index contributed by atoms with van der Waals surface area (Å²) in [6.07, 6.45) is 0. The summed E-state index contributed by atoms with van der Waals surface area (Å²) < 4.78 is 5.24. The van der Waals surface area contributed by atoms with Gasteiger partial charge in [0.25, 0.3) is 5.91 Å². The molecule has 3 aromatic rings. The lowest BCUT2D eigenvalue weighted by Gasteiger charge is -2.18. The van der Waals surface area contributed by atoms with Crippen molar-refractivity contribution in [1.82, 2.24) is 4.90 Å². The molecule has 0 saturated heterocycles. The lowest BCUT2D eigenvalue weighted by molar-refractivity contribution is 0.0785. The minimum atomic E-state index is -0.0264. The van der Waals surface area contributed by atoms with Crippen molar-refractivity contribution < 1.29 is 9.53 Å². The number of hydrogen-bond acceptors (Lipinski definition) is 2. The van der Waals surface area contributed by atoms with Crippen molar-refractivity contribution in [1.29, 1.82) is 0 Å². The third-order valence-electron chi connectivity index (χ3n) is 3.97. The predicted octanol–water partition coefficient (Wildman–Crippen LogP) is 4.77. The Hall–Kier alpha value is -2.52. The van der Waals surface area contributed by atoms with Gasteiger partial charge in [0.2, 0.25) is 0 Å². The Kier molecular flexibility index (Phi) is 4.72. The summed E-state index contributed by atoms with van der Waals surface area (Å²) in [5, 5.41) is 2.87. The number of fused-ring (bicyclic) bond motifs is 1. The molecular weight excluding hydrogens is 322 g/mol. The SMILES string of the molecule is COc1ccc2cc(CN(C)C(=O)c3ccc(Cl)cc3)ccc2c1. The summed E-state index contributed by atoms with van der Waals surface area (Å²) >= 11 is 5.87. The summed E-state index contributed by atoms with van der Waals surface area (Å²) in [5.41, 5.74) is 1.71. The minimum Gasteiger partial charge on any atom is -0.497 e. The summed E-state index contributed by atoms with van der Waals surface area (Å²) in [6.45, 7) is 0.545. The molecule has 3 nitrogen and oxygen atoms in total. The Bertz CT molecular complexity index is 874. The maximum absolute atomic E-state index is 12.5. The highest BCUT2D eigenvalue weighted by Crippen LogP contribution is 2.22. The molecule has 0 radical (unpaired) electrons. The zero-order valence-electron chi connectivity index (χ0n) is 13.6. The summed E-state index contributed by atoms with van der Waals surface area (Å²) in [4.78, 5) is 14.2. The maximum Gasteiger partial charge on any atom is 0.253 e. The number of carbonyl (C=O) groups is 1. The van der Waals surface area contributed by atoms with Crippen LogP contribution in [0.25, 0.3) is 10.8 Å². The van der Waals surface area contributed by atoms with Gasteiger partial charge in [0.1, 0.15) is 5.75 Å². The second-order valence-electron chi connectivity index (χ2n) is 5.72. The second-order valence-corrected chi connectivity index (χ2v) is 6.15. The fourth-order valence-corrected chi connectivity index (χ4v) is 2.78. The fraction of sp³-hybridized carbons (Fsp3) is 0.150. The molecule has 0 aliphatic rings. The van der Waals surface area contributed by atoms with Crippen LogP contribution in [0.3, 0.4) is 0 Å². The average molecular weight is 340 g/mol. The van der Waals surface area contributed by atoms with Gasteiger partial charge in [0, 0.05) is 24.2 Å². The van der Waals surface area contributed by atoms with Gasteiger partial charge in [-0.05, 0) is 58.8 Å². The van der Waals surface area contributed by atoms with Crippen LogP contribution >= 0.6 is 11.6 Å². The fourth-order valence-electron chi connectivity index (χ4n) is 2.66. The summed E-state index contributed by atoms with van der Waals surface area (Å²) in [5.74, 6) is 0.812. The number of benzene rings is 3. The highest BCUT2D eigenvalue weighted by molar-refractivity contribution is 6.30. The van der Waals surface area contributed by atoms with Gasteiger partial charge < -0.3 is 9.64 Å². The average Bonchev–Trinajstić information content (AvgIpc) is 2.61. The third kappa shape index (κ3) is 3.52. The van der Waals surface area contributed by atoms with E-state index in [-0.39, 0.29) is 5.91 Å². The van der Waals surface area contributed by atoms with Crippen LogP contribution in [0.2, 0.25) is 5.02 Å². The standard InChI is InChI=1S/C20H18ClNO2/c1-22(20(23)15-5-8-18(21)9-6-15)13-14-3-4-17-12-19(24-2)10-7-16(17)11-14/h3-12H,13H2,1-2H3. The molecule has 3 aromatic carbocycles. The first-order valence-electron chi connectivity index (χ1n) is 7.64. The minimum absolute atomic E-state index is 0.0264. The number of hydrogen-bond donors (Lipinski definition) is 0. The molecule has 3 rings (SSSR count). The number of methoxy groups -OCH3 is 1. The van der Waals surface area contributed by atoms with Crippen molar-refractivity contribution in [2.75, 3.05) is 14.2 Å². The molecular formula is C20H18ClNO2. The molecule has 0 heterocycles. The molecule has 0 saturated carbocycles. The van der Waals surface area contributed by atoms with E-state index in [1.165, 1.54) is 0 Å². The van der Waals surface area contributed by atoms with Crippen LogP contribution in [-0.2, 0) is 6.54 Å². The van der Waals surface area contributed by atoms with E-state index in [2.05, 4.69) is 6.07 Å². The van der Waals surface area contributed by atoms with Gasteiger partial charge in [0.05, 0.1) is 7.11 Å². The largest absolute Gasteiger partial charge is 0.497 e. The first-order valence-corrected chi connectivity index (χ1v) is 8.02. The number of halogens is 1. The molecule has 122 valence electrons. The first-order chi connectivity index (χ1) is 11.6. The van der Waals surface area contributed by atoms with Gasteiger partial charge in [0.15, 0.2) is 0 Å². The van der Waals surface area contributed by atoms with Crippen molar-refractivity contribution in [3.05, 3.63) is 76.8 Å². The second kappa shape index (κ2) is 6.93. The Morgan fingerprint density at radius 1 is 1.00 bits per heavy atom. The Morgan fingerprint density at radius 2 is 1.67 bits per heavy atom. The van der Waals surface area contributed by atoms with Crippen LogP contribution in [0.15, 0.2) is 60.7 Å². The van der Waals surface area contributed by atoms with Crippen LogP contribution < -0.4 is 4.74 Å².